The predicted molar refractivity (Wildman–Crippen MR) is 77.6 cm³/mol. The molecule has 2 aromatic carbocycles. The number of hydrogen-bond donors (Lipinski definition) is 2. The summed E-state index contributed by atoms with van der Waals surface area (Å²) >= 11 is 0. The number of aromatic hydroxyl groups is 1. The van der Waals surface area contributed by atoms with Gasteiger partial charge < -0.3 is 10.2 Å². The van der Waals surface area contributed by atoms with E-state index in [0.29, 0.717) is 5.56 Å². The summed E-state index contributed by atoms with van der Waals surface area (Å²) in [6.45, 7) is 0. The fourth-order valence-electron chi connectivity index (χ4n) is 2.08. The van der Waals surface area contributed by atoms with E-state index in [1.54, 1.807) is 16.9 Å². The molecule has 0 radical (unpaired) electrons. The zero-order valence-corrected chi connectivity index (χ0v) is 11.0. The first-order valence-electron chi connectivity index (χ1n) is 6.32. The van der Waals surface area contributed by atoms with Crippen molar-refractivity contribution < 1.29 is 15.0 Å². The molecule has 104 valence electrons. The van der Waals surface area contributed by atoms with Gasteiger partial charge in [-0.2, -0.15) is 5.10 Å². The Hall–Kier alpha value is -3.08. The Balaban J connectivity index is 2.01. The van der Waals surface area contributed by atoms with Crippen LogP contribution >= 0.6 is 0 Å². The normalized spacial score (nSPS) is 10.5. The van der Waals surface area contributed by atoms with Crippen LogP contribution < -0.4 is 0 Å². The molecule has 21 heavy (non-hydrogen) atoms. The Morgan fingerprint density at radius 2 is 1.81 bits per heavy atom. The average Bonchev–Trinajstić information content (AvgIpc) is 2.98. The maximum atomic E-state index is 11.1. The number of carboxylic acid groups (broad SMARTS) is 1. The molecule has 0 spiro atoms. The maximum Gasteiger partial charge on any atom is 0.339 e. The van der Waals surface area contributed by atoms with Crippen molar-refractivity contribution >= 4 is 5.97 Å². The van der Waals surface area contributed by atoms with Crippen molar-refractivity contribution in [3.63, 3.8) is 0 Å². The van der Waals surface area contributed by atoms with Crippen molar-refractivity contribution in [3.8, 4) is 22.6 Å². The number of hydrogen-bond acceptors (Lipinski definition) is 3. The highest BCUT2D eigenvalue weighted by Crippen LogP contribution is 2.26. The van der Waals surface area contributed by atoms with Crippen LogP contribution in [0.25, 0.3) is 16.8 Å². The van der Waals surface area contributed by atoms with Crippen molar-refractivity contribution in [2.75, 3.05) is 0 Å². The molecular formula is C16H12N2O3. The summed E-state index contributed by atoms with van der Waals surface area (Å²) < 4.78 is 1.71. The molecule has 1 aromatic heterocycles. The summed E-state index contributed by atoms with van der Waals surface area (Å²) in [5.41, 5.74) is 2.26. The standard InChI is InChI=1S/C16H12N2O3/c19-15-7-6-11(8-14(15)16(20)21)12-9-17-18(10-12)13-4-2-1-3-5-13/h1-10,19H,(H,20,21). The second-order valence-electron chi connectivity index (χ2n) is 4.55. The van der Waals surface area contributed by atoms with Crippen LogP contribution in [0.3, 0.4) is 0 Å². The molecule has 0 unspecified atom stereocenters. The first-order chi connectivity index (χ1) is 10.1. The van der Waals surface area contributed by atoms with Gasteiger partial charge in [0.05, 0.1) is 11.9 Å². The Morgan fingerprint density at radius 1 is 1.05 bits per heavy atom. The monoisotopic (exact) mass is 280 g/mol. The second-order valence-corrected chi connectivity index (χ2v) is 4.55. The van der Waals surface area contributed by atoms with Crippen LogP contribution in [0.5, 0.6) is 5.75 Å². The van der Waals surface area contributed by atoms with Gasteiger partial charge in [-0.3, -0.25) is 0 Å². The Labute approximate surface area is 120 Å². The highest BCUT2D eigenvalue weighted by Gasteiger charge is 2.12. The van der Waals surface area contributed by atoms with Crippen LogP contribution in [0.1, 0.15) is 10.4 Å². The van der Waals surface area contributed by atoms with E-state index in [1.807, 2.05) is 36.5 Å². The van der Waals surface area contributed by atoms with Crippen LogP contribution in [0, 0.1) is 0 Å². The summed E-state index contributed by atoms with van der Waals surface area (Å²) in [5, 5.41) is 22.8. The molecule has 0 aliphatic heterocycles. The Morgan fingerprint density at radius 3 is 2.52 bits per heavy atom. The fourth-order valence-corrected chi connectivity index (χ4v) is 2.08. The zero-order valence-electron chi connectivity index (χ0n) is 11.0. The third-order valence-electron chi connectivity index (χ3n) is 3.16. The van der Waals surface area contributed by atoms with Crippen molar-refractivity contribution in [2.45, 2.75) is 0 Å². The van der Waals surface area contributed by atoms with E-state index in [-0.39, 0.29) is 11.3 Å². The van der Waals surface area contributed by atoms with Crippen molar-refractivity contribution in [1.29, 1.82) is 0 Å². The smallest absolute Gasteiger partial charge is 0.339 e. The quantitative estimate of drug-likeness (QED) is 0.773. The molecule has 5 nitrogen and oxygen atoms in total. The number of nitrogens with zero attached hydrogens (tertiary/aromatic N) is 2. The molecule has 5 heteroatoms. The number of aromatic nitrogens is 2. The maximum absolute atomic E-state index is 11.1. The minimum Gasteiger partial charge on any atom is -0.507 e. The predicted octanol–water partition coefficient (Wildman–Crippen LogP) is 2.94. The van der Waals surface area contributed by atoms with Crippen LogP contribution in [-0.2, 0) is 0 Å². The van der Waals surface area contributed by atoms with Gasteiger partial charge in [0.2, 0.25) is 0 Å². The molecule has 0 aliphatic carbocycles. The van der Waals surface area contributed by atoms with Crippen molar-refractivity contribution in [3.05, 3.63) is 66.5 Å². The summed E-state index contributed by atoms with van der Waals surface area (Å²) in [6.07, 6.45) is 3.47. The van der Waals surface area contributed by atoms with E-state index in [2.05, 4.69) is 5.10 Å². The zero-order chi connectivity index (χ0) is 14.8. The van der Waals surface area contributed by atoms with Crippen molar-refractivity contribution in [1.82, 2.24) is 9.78 Å². The second kappa shape index (κ2) is 5.13. The number of benzene rings is 2. The van der Waals surface area contributed by atoms with Gasteiger partial charge in [0.25, 0.3) is 0 Å². The number of carboxylic acids is 1. The molecule has 3 aromatic rings. The van der Waals surface area contributed by atoms with E-state index in [0.717, 1.165) is 11.3 Å². The van der Waals surface area contributed by atoms with Gasteiger partial charge in [0.15, 0.2) is 0 Å². The summed E-state index contributed by atoms with van der Waals surface area (Å²) in [5.74, 6) is -1.41. The summed E-state index contributed by atoms with van der Waals surface area (Å²) in [4.78, 5) is 11.1. The van der Waals surface area contributed by atoms with Gasteiger partial charge in [0, 0.05) is 11.8 Å². The highest BCUT2D eigenvalue weighted by molar-refractivity contribution is 5.92. The molecule has 3 rings (SSSR count). The molecule has 0 amide bonds. The number of phenols is 1. The minimum absolute atomic E-state index is 0.125. The molecule has 0 aliphatic rings. The third kappa shape index (κ3) is 2.49. The molecule has 0 atom stereocenters. The van der Waals surface area contributed by atoms with Gasteiger partial charge in [-0.25, -0.2) is 9.48 Å². The number of rotatable bonds is 3. The summed E-state index contributed by atoms with van der Waals surface area (Å²) in [6, 6.07) is 14.1. The molecule has 0 saturated carbocycles. The van der Waals surface area contributed by atoms with E-state index in [1.165, 1.54) is 12.1 Å². The topological polar surface area (TPSA) is 75.3 Å². The van der Waals surface area contributed by atoms with Gasteiger partial charge in [-0.05, 0) is 29.8 Å². The van der Waals surface area contributed by atoms with Crippen molar-refractivity contribution in [2.24, 2.45) is 0 Å². The molecule has 1 heterocycles. The number of carbonyl (C=O) groups is 1. The molecular weight excluding hydrogens is 268 g/mol. The average molecular weight is 280 g/mol. The van der Waals surface area contributed by atoms with E-state index in [9.17, 15) is 9.90 Å². The van der Waals surface area contributed by atoms with E-state index >= 15 is 0 Å². The number of para-hydroxylation sites is 1. The van der Waals surface area contributed by atoms with Crippen LogP contribution in [0.4, 0.5) is 0 Å². The summed E-state index contributed by atoms with van der Waals surface area (Å²) in [7, 11) is 0. The highest BCUT2D eigenvalue weighted by atomic mass is 16.4. The van der Waals surface area contributed by atoms with Crippen LogP contribution in [-0.4, -0.2) is 26.0 Å². The lowest BCUT2D eigenvalue weighted by Gasteiger charge is -2.03. The molecule has 0 saturated heterocycles. The lowest BCUT2D eigenvalue weighted by atomic mass is 10.1. The largest absolute Gasteiger partial charge is 0.507 e. The lowest BCUT2D eigenvalue weighted by molar-refractivity contribution is 0.0694. The SMILES string of the molecule is O=C(O)c1cc(-c2cnn(-c3ccccc3)c2)ccc1O. The molecule has 0 fully saturated rings. The van der Waals surface area contributed by atoms with E-state index < -0.39 is 5.97 Å². The Bertz CT molecular complexity index is 794. The van der Waals surface area contributed by atoms with Gasteiger partial charge in [-0.1, -0.05) is 24.3 Å². The van der Waals surface area contributed by atoms with Crippen LogP contribution in [0.15, 0.2) is 60.9 Å². The third-order valence-corrected chi connectivity index (χ3v) is 3.16. The minimum atomic E-state index is -1.16. The molecule has 0 bridgehead atoms. The van der Waals surface area contributed by atoms with E-state index in [4.69, 9.17) is 5.11 Å². The van der Waals surface area contributed by atoms with Crippen LogP contribution in [0.2, 0.25) is 0 Å². The van der Waals surface area contributed by atoms with Gasteiger partial charge >= 0.3 is 5.97 Å². The van der Waals surface area contributed by atoms with Gasteiger partial charge in [-0.15, -0.1) is 0 Å². The first kappa shape index (κ1) is 12.9. The molecule has 2 N–H and O–H groups in total. The lowest BCUT2D eigenvalue weighted by Crippen LogP contribution is -1.96. The Kier molecular flexibility index (Phi) is 3.16. The number of aromatic carboxylic acids is 1. The fraction of sp³-hybridized carbons (Fsp3) is 0. The first-order valence-corrected chi connectivity index (χ1v) is 6.32. The van der Waals surface area contributed by atoms with Gasteiger partial charge in [0.1, 0.15) is 11.3 Å².